The third kappa shape index (κ3) is 6.23. The fourth-order valence-corrected chi connectivity index (χ4v) is 6.53. The van der Waals surface area contributed by atoms with Gasteiger partial charge in [-0.1, -0.05) is 48.5 Å². The molecule has 4 heterocycles. The number of hydrazine groups is 1. The van der Waals surface area contributed by atoms with Crippen molar-refractivity contribution in [1.29, 1.82) is 0 Å². The number of carbonyl (C=O) groups is 4. The number of nitrogens with one attached hydrogen (secondary N) is 2. The molecule has 2 N–H and O–H groups in total. The van der Waals surface area contributed by atoms with Gasteiger partial charge in [-0.15, -0.1) is 17.9 Å². The van der Waals surface area contributed by atoms with Crippen molar-refractivity contribution in [2.24, 2.45) is 0 Å². The number of thiazole rings is 1. The molecule has 45 heavy (non-hydrogen) atoms. The van der Waals surface area contributed by atoms with E-state index < -0.39 is 18.2 Å². The summed E-state index contributed by atoms with van der Waals surface area (Å²) in [6.45, 7) is 4.55. The van der Waals surface area contributed by atoms with Crippen LogP contribution >= 0.6 is 11.3 Å². The SMILES string of the molecule is C=CCN1CC(=O)N2[C@@H](Cc3ccnc(NC=O)n3)C(=O)N(Cc3cccc4scnc34)C[C@@H]2N1C(=O)NCc1ccccc1. The summed E-state index contributed by atoms with van der Waals surface area (Å²) < 4.78 is 0.998. The highest BCUT2D eigenvalue weighted by molar-refractivity contribution is 7.16. The Labute approximate surface area is 263 Å². The Kier molecular flexibility index (Phi) is 8.75. The molecule has 6 rings (SSSR count). The molecular formula is C31H31N9O4S. The van der Waals surface area contributed by atoms with Gasteiger partial charge >= 0.3 is 6.03 Å². The van der Waals surface area contributed by atoms with Crippen LogP contribution in [0.4, 0.5) is 10.7 Å². The normalized spacial score (nSPS) is 18.5. The first-order valence-electron chi connectivity index (χ1n) is 14.4. The van der Waals surface area contributed by atoms with Crippen LogP contribution in [-0.2, 0) is 33.9 Å². The van der Waals surface area contributed by atoms with E-state index in [4.69, 9.17) is 0 Å². The molecule has 5 amide bonds. The molecule has 2 aromatic heterocycles. The van der Waals surface area contributed by atoms with Crippen molar-refractivity contribution in [3.8, 4) is 0 Å². The number of anilines is 1. The maximum Gasteiger partial charge on any atom is 0.334 e. The first-order valence-corrected chi connectivity index (χ1v) is 15.2. The highest BCUT2D eigenvalue weighted by Crippen LogP contribution is 2.30. The molecule has 13 nitrogen and oxygen atoms in total. The van der Waals surface area contributed by atoms with Crippen LogP contribution in [0.15, 0.2) is 79.0 Å². The molecule has 0 saturated carbocycles. The molecule has 0 radical (unpaired) electrons. The zero-order valence-electron chi connectivity index (χ0n) is 24.3. The van der Waals surface area contributed by atoms with Crippen LogP contribution in [0.1, 0.15) is 16.8 Å². The maximum absolute atomic E-state index is 14.3. The first kappa shape index (κ1) is 29.8. The predicted octanol–water partition coefficient (Wildman–Crippen LogP) is 2.39. The molecule has 2 aliphatic heterocycles. The first-order chi connectivity index (χ1) is 22.0. The number of urea groups is 1. The Balaban J connectivity index is 1.37. The van der Waals surface area contributed by atoms with Gasteiger partial charge in [-0.2, -0.15) is 0 Å². The summed E-state index contributed by atoms with van der Waals surface area (Å²) in [5.74, 6) is -0.496. The van der Waals surface area contributed by atoms with Gasteiger partial charge in [0.15, 0.2) is 0 Å². The number of nitrogens with zero attached hydrogens (tertiary/aromatic N) is 7. The lowest BCUT2D eigenvalue weighted by atomic mass is 10.0. The highest BCUT2D eigenvalue weighted by atomic mass is 32.1. The molecule has 2 atom stereocenters. The highest BCUT2D eigenvalue weighted by Gasteiger charge is 2.51. The van der Waals surface area contributed by atoms with Gasteiger partial charge in [0.2, 0.25) is 24.2 Å². The van der Waals surface area contributed by atoms with Crippen LogP contribution in [0.25, 0.3) is 10.2 Å². The molecule has 2 aromatic carbocycles. The quantitative estimate of drug-likeness (QED) is 0.202. The van der Waals surface area contributed by atoms with E-state index in [9.17, 15) is 19.2 Å². The van der Waals surface area contributed by atoms with Crippen LogP contribution in [-0.4, -0.2) is 90.9 Å². The van der Waals surface area contributed by atoms with E-state index in [1.54, 1.807) is 27.6 Å². The van der Waals surface area contributed by atoms with Gasteiger partial charge in [0.25, 0.3) is 0 Å². The van der Waals surface area contributed by atoms with Gasteiger partial charge in [-0.05, 0) is 23.3 Å². The van der Waals surface area contributed by atoms with E-state index in [0.717, 1.165) is 21.3 Å². The third-order valence-corrected chi connectivity index (χ3v) is 8.57. The van der Waals surface area contributed by atoms with Gasteiger partial charge in [-0.3, -0.25) is 19.7 Å². The molecule has 0 unspecified atom stereocenters. The zero-order valence-corrected chi connectivity index (χ0v) is 25.1. The molecular weight excluding hydrogens is 594 g/mol. The van der Waals surface area contributed by atoms with Crippen molar-refractivity contribution in [2.45, 2.75) is 31.7 Å². The Morgan fingerprint density at radius 3 is 2.73 bits per heavy atom. The van der Waals surface area contributed by atoms with Crippen molar-refractivity contribution in [2.75, 3.05) is 25.0 Å². The number of hydrogen-bond acceptors (Lipinski definition) is 9. The van der Waals surface area contributed by atoms with Crippen LogP contribution in [0.2, 0.25) is 0 Å². The topological polar surface area (TPSA) is 144 Å². The van der Waals surface area contributed by atoms with E-state index in [0.29, 0.717) is 12.1 Å². The minimum atomic E-state index is -0.972. The molecule has 2 fully saturated rings. The van der Waals surface area contributed by atoms with E-state index in [1.165, 1.54) is 27.4 Å². The second-order valence-corrected chi connectivity index (χ2v) is 11.5. The zero-order chi connectivity index (χ0) is 31.3. The fourth-order valence-electron chi connectivity index (χ4n) is 5.81. The van der Waals surface area contributed by atoms with E-state index in [-0.39, 0.29) is 56.9 Å². The van der Waals surface area contributed by atoms with Crippen LogP contribution in [0.3, 0.4) is 0 Å². The summed E-state index contributed by atoms with van der Waals surface area (Å²) in [6, 6.07) is 15.6. The summed E-state index contributed by atoms with van der Waals surface area (Å²) in [6.07, 6.45) is 2.82. The summed E-state index contributed by atoms with van der Waals surface area (Å²) in [7, 11) is 0. The molecule has 2 saturated heterocycles. The minimum Gasteiger partial charge on any atom is -0.333 e. The molecule has 4 aromatic rings. The summed E-state index contributed by atoms with van der Waals surface area (Å²) in [5.41, 5.74) is 4.81. The second kappa shape index (κ2) is 13.2. The number of para-hydroxylation sites is 1. The van der Waals surface area contributed by atoms with Crippen LogP contribution < -0.4 is 10.6 Å². The Bertz CT molecular complexity index is 1730. The number of piperazine rings is 1. The van der Waals surface area contributed by atoms with Gasteiger partial charge in [0, 0.05) is 37.9 Å². The van der Waals surface area contributed by atoms with E-state index in [1.807, 2.05) is 48.5 Å². The van der Waals surface area contributed by atoms with Crippen molar-refractivity contribution in [1.82, 2.24) is 40.1 Å². The number of hydrogen-bond donors (Lipinski definition) is 2. The second-order valence-electron chi connectivity index (χ2n) is 10.6. The van der Waals surface area contributed by atoms with Crippen LogP contribution in [0.5, 0.6) is 0 Å². The van der Waals surface area contributed by atoms with Gasteiger partial charge < -0.3 is 15.1 Å². The van der Waals surface area contributed by atoms with Gasteiger partial charge in [-0.25, -0.2) is 29.8 Å². The van der Waals surface area contributed by atoms with Crippen molar-refractivity contribution < 1.29 is 19.2 Å². The van der Waals surface area contributed by atoms with Crippen molar-refractivity contribution in [3.05, 3.63) is 95.8 Å². The largest absolute Gasteiger partial charge is 0.334 e. The maximum atomic E-state index is 14.3. The molecule has 230 valence electrons. The lowest BCUT2D eigenvalue weighted by Crippen LogP contribution is -2.76. The van der Waals surface area contributed by atoms with Gasteiger partial charge in [0.05, 0.1) is 28.8 Å². The number of carbonyl (C=O) groups excluding carboxylic acids is 4. The molecule has 0 spiro atoms. The standard InChI is InChI=1S/C31H31N9O4S/c1-2-13-38-18-27(42)39-24(14-23-11-12-32-30(36-23)34-19-41)29(43)37(16-22-9-6-10-25-28(22)35-20-45-25)17-26(39)40(38)31(44)33-15-21-7-4-3-5-8-21/h2-12,19-20,24,26H,1,13-18H2,(H,33,44)(H,32,34,36,41)/t24-,26-/m0/s1. The molecule has 0 bridgehead atoms. The van der Waals surface area contributed by atoms with E-state index in [2.05, 4.69) is 32.2 Å². The molecule has 0 aliphatic carbocycles. The fraction of sp³-hybridized carbons (Fsp3) is 0.258. The number of rotatable bonds is 10. The predicted molar refractivity (Wildman–Crippen MR) is 167 cm³/mol. The lowest BCUT2D eigenvalue weighted by Gasteiger charge is -2.55. The number of benzene rings is 2. The van der Waals surface area contributed by atoms with Crippen LogP contribution in [0, 0.1) is 0 Å². The minimum absolute atomic E-state index is 0.0511. The van der Waals surface area contributed by atoms with Crippen molar-refractivity contribution >= 4 is 51.8 Å². The van der Waals surface area contributed by atoms with E-state index >= 15 is 0 Å². The monoisotopic (exact) mass is 625 g/mol. The lowest BCUT2D eigenvalue weighted by molar-refractivity contribution is -0.189. The van der Waals surface area contributed by atoms with Crippen molar-refractivity contribution in [3.63, 3.8) is 0 Å². The average Bonchev–Trinajstić information content (AvgIpc) is 3.53. The number of aromatic nitrogens is 3. The summed E-state index contributed by atoms with van der Waals surface area (Å²) >= 11 is 1.51. The molecule has 2 aliphatic rings. The number of amides is 5. The van der Waals surface area contributed by atoms with Gasteiger partial charge in [0.1, 0.15) is 12.2 Å². The third-order valence-electron chi connectivity index (χ3n) is 7.77. The Morgan fingerprint density at radius 2 is 1.93 bits per heavy atom. The Hall–Kier alpha value is -5.21. The summed E-state index contributed by atoms with van der Waals surface area (Å²) in [5, 5.41) is 8.59. The number of fused-ring (bicyclic) bond motifs is 2. The smallest absolute Gasteiger partial charge is 0.333 e. The summed E-state index contributed by atoms with van der Waals surface area (Å²) in [4.78, 5) is 69.1. The average molecular weight is 626 g/mol. The molecule has 14 heteroatoms. The Morgan fingerprint density at radius 1 is 1.09 bits per heavy atom.